The number of benzene rings is 1. The first kappa shape index (κ1) is 17.2. The van der Waals surface area contributed by atoms with Gasteiger partial charge in [0.15, 0.2) is 0 Å². The third kappa shape index (κ3) is 5.20. The third-order valence-electron chi connectivity index (χ3n) is 2.32. The lowest BCUT2D eigenvalue weighted by Crippen LogP contribution is -2.37. The molecule has 116 valence electrons. The van der Waals surface area contributed by atoms with Gasteiger partial charge in [0.05, 0.1) is 11.8 Å². The standard InChI is InChI=1S/C12H17N3O4S2/c1-7(2)19-12(16)15-21(17,18)14-9-6-4-5-8(3)10(9)11(13)20/h4-7,14H,1-3H3,(H2,13,20)(H,15,16). The van der Waals surface area contributed by atoms with Gasteiger partial charge < -0.3 is 10.5 Å². The van der Waals surface area contributed by atoms with Crippen molar-refractivity contribution in [3.05, 3.63) is 29.3 Å². The van der Waals surface area contributed by atoms with Crippen molar-refractivity contribution >= 4 is 39.2 Å². The maximum atomic E-state index is 11.9. The highest BCUT2D eigenvalue weighted by atomic mass is 32.2. The lowest BCUT2D eigenvalue weighted by molar-refractivity contribution is 0.121. The van der Waals surface area contributed by atoms with Gasteiger partial charge in [-0.3, -0.25) is 4.72 Å². The number of rotatable bonds is 5. The van der Waals surface area contributed by atoms with Crippen molar-refractivity contribution in [2.75, 3.05) is 4.72 Å². The maximum absolute atomic E-state index is 11.9. The quantitative estimate of drug-likeness (QED) is 0.704. The van der Waals surface area contributed by atoms with Gasteiger partial charge in [-0.05, 0) is 32.4 Å². The highest BCUT2D eigenvalue weighted by molar-refractivity contribution is 7.91. The SMILES string of the molecule is Cc1cccc(NS(=O)(=O)NC(=O)OC(C)C)c1C(N)=S. The van der Waals surface area contributed by atoms with Gasteiger partial charge in [-0.15, -0.1) is 0 Å². The highest BCUT2D eigenvalue weighted by Crippen LogP contribution is 2.20. The van der Waals surface area contributed by atoms with Crippen LogP contribution in [0.5, 0.6) is 0 Å². The molecule has 0 aliphatic carbocycles. The molecule has 0 heterocycles. The normalized spacial score (nSPS) is 11.0. The van der Waals surface area contributed by atoms with Crippen molar-refractivity contribution in [2.45, 2.75) is 26.9 Å². The van der Waals surface area contributed by atoms with Gasteiger partial charge in [-0.25, -0.2) is 9.52 Å². The number of carbonyl (C=O) groups excluding carboxylic acids is 1. The van der Waals surface area contributed by atoms with E-state index in [4.69, 9.17) is 22.7 Å². The third-order valence-corrected chi connectivity index (χ3v) is 3.45. The maximum Gasteiger partial charge on any atom is 0.422 e. The fraction of sp³-hybridized carbons (Fsp3) is 0.333. The lowest BCUT2D eigenvalue weighted by Gasteiger charge is -2.15. The Bertz CT molecular complexity index is 656. The lowest BCUT2D eigenvalue weighted by atomic mass is 10.1. The molecule has 0 aromatic heterocycles. The summed E-state index contributed by atoms with van der Waals surface area (Å²) in [5, 5.41) is 0. The van der Waals surface area contributed by atoms with E-state index in [2.05, 4.69) is 4.72 Å². The second-order valence-corrected chi connectivity index (χ2v) is 6.38. The predicted octanol–water partition coefficient (Wildman–Crippen LogP) is 1.42. The van der Waals surface area contributed by atoms with Gasteiger partial charge in [-0.1, -0.05) is 24.4 Å². The average Bonchev–Trinajstić information content (AvgIpc) is 2.24. The fourth-order valence-corrected chi connectivity index (χ4v) is 2.65. The molecule has 9 heteroatoms. The van der Waals surface area contributed by atoms with Crippen LogP contribution < -0.4 is 15.2 Å². The summed E-state index contributed by atoms with van der Waals surface area (Å²) in [5.74, 6) is 0. The molecule has 0 radical (unpaired) electrons. The van der Waals surface area contributed by atoms with Crippen LogP contribution in [0.25, 0.3) is 0 Å². The van der Waals surface area contributed by atoms with E-state index in [1.807, 2.05) is 0 Å². The number of amides is 1. The van der Waals surface area contributed by atoms with Gasteiger partial charge in [0.25, 0.3) is 0 Å². The Hall–Kier alpha value is -1.87. The Morgan fingerprint density at radius 3 is 2.52 bits per heavy atom. The van der Waals surface area contributed by atoms with Crippen molar-refractivity contribution in [3.63, 3.8) is 0 Å². The number of aryl methyl sites for hydroxylation is 1. The Labute approximate surface area is 129 Å². The van der Waals surface area contributed by atoms with E-state index in [0.717, 1.165) is 0 Å². The molecule has 0 aliphatic heterocycles. The van der Waals surface area contributed by atoms with Crippen molar-refractivity contribution in [1.29, 1.82) is 0 Å². The highest BCUT2D eigenvalue weighted by Gasteiger charge is 2.19. The molecule has 4 N–H and O–H groups in total. The molecule has 0 bridgehead atoms. The van der Waals surface area contributed by atoms with Gasteiger partial charge >= 0.3 is 16.3 Å². The number of ether oxygens (including phenoxy) is 1. The van der Waals surface area contributed by atoms with E-state index in [9.17, 15) is 13.2 Å². The molecule has 7 nitrogen and oxygen atoms in total. The van der Waals surface area contributed by atoms with Crippen LogP contribution >= 0.6 is 12.2 Å². The molecule has 0 saturated carbocycles. The first-order valence-corrected chi connectivity index (χ1v) is 7.92. The van der Waals surface area contributed by atoms with Crippen molar-refractivity contribution in [3.8, 4) is 0 Å². The van der Waals surface area contributed by atoms with E-state index in [0.29, 0.717) is 11.1 Å². The second kappa shape index (κ2) is 6.72. The molecule has 0 saturated heterocycles. The second-order valence-electron chi connectivity index (χ2n) is 4.52. The number of hydrogen-bond acceptors (Lipinski definition) is 5. The van der Waals surface area contributed by atoms with Gasteiger partial charge in [0, 0.05) is 5.56 Å². The number of hydrogen-bond donors (Lipinski definition) is 3. The number of thiocarbonyl (C=S) groups is 1. The molecule has 0 spiro atoms. The van der Waals surface area contributed by atoms with Gasteiger partial charge in [0.1, 0.15) is 4.99 Å². The first-order chi connectivity index (χ1) is 9.62. The van der Waals surface area contributed by atoms with E-state index >= 15 is 0 Å². The van der Waals surface area contributed by atoms with Crippen LogP contribution in [0.15, 0.2) is 18.2 Å². The Morgan fingerprint density at radius 2 is 2.00 bits per heavy atom. The summed E-state index contributed by atoms with van der Waals surface area (Å²) in [7, 11) is -4.14. The summed E-state index contributed by atoms with van der Waals surface area (Å²) in [5.41, 5.74) is 6.89. The van der Waals surface area contributed by atoms with E-state index < -0.39 is 22.4 Å². The smallest absolute Gasteiger partial charge is 0.422 e. The predicted molar refractivity (Wildman–Crippen MR) is 84.4 cm³/mol. The van der Waals surface area contributed by atoms with Crippen LogP contribution in [0, 0.1) is 6.92 Å². The van der Waals surface area contributed by atoms with E-state index in [1.54, 1.807) is 37.6 Å². The zero-order valence-electron chi connectivity index (χ0n) is 11.8. The van der Waals surface area contributed by atoms with Crippen LogP contribution in [0.1, 0.15) is 25.0 Å². The van der Waals surface area contributed by atoms with Crippen LogP contribution in [0.4, 0.5) is 10.5 Å². The van der Waals surface area contributed by atoms with E-state index in [1.165, 1.54) is 6.07 Å². The summed E-state index contributed by atoms with van der Waals surface area (Å²) in [6.45, 7) is 4.95. The Morgan fingerprint density at radius 1 is 1.38 bits per heavy atom. The van der Waals surface area contributed by atoms with Crippen molar-refractivity contribution in [1.82, 2.24) is 4.72 Å². The molecule has 0 atom stereocenters. The molecule has 0 unspecified atom stereocenters. The van der Waals surface area contributed by atoms with Crippen LogP contribution in [-0.4, -0.2) is 25.6 Å². The topological polar surface area (TPSA) is 111 Å². The molecule has 1 aromatic rings. The molecular formula is C12H17N3O4S2. The molecule has 0 aliphatic rings. The first-order valence-electron chi connectivity index (χ1n) is 6.03. The largest absolute Gasteiger partial charge is 0.446 e. The molecule has 1 aromatic carbocycles. The summed E-state index contributed by atoms with van der Waals surface area (Å²) >= 11 is 4.90. The summed E-state index contributed by atoms with van der Waals surface area (Å²) in [6.07, 6.45) is -1.51. The van der Waals surface area contributed by atoms with Crippen LogP contribution in [-0.2, 0) is 14.9 Å². The molecule has 1 rings (SSSR count). The Balaban J connectivity index is 2.98. The van der Waals surface area contributed by atoms with Crippen LogP contribution in [0.2, 0.25) is 0 Å². The van der Waals surface area contributed by atoms with Crippen molar-refractivity contribution < 1.29 is 17.9 Å². The summed E-state index contributed by atoms with van der Waals surface area (Å²) in [6, 6.07) is 4.88. The number of nitrogens with two attached hydrogens (primary N) is 1. The minimum absolute atomic E-state index is 0.0514. The molecule has 1 amide bonds. The van der Waals surface area contributed by atoms with Crippen LogP contribution in [0.3, 0.4) is 0 Å². The number of nitrogens with one attached hydrogen (secondary N) is 2. The summed E-state index contributed by atoms with van der Waals surface area (Å²) in [4.78, 5) is 11.4. The number of anilines is 1. The molecular weight excluding hydrogens is 314 g/mol. The monoisotopic (exact) mass is 331 g/mol. The van der Waals surface area contributed by atoms with Gasteiger partial charge in [-0.2, -0.15) is 8.42 Å². The minimum atomic E-state index is -4.14. The molecule has 0 fully saturated rings. The number of carbonyl (C=O) groups is 1. The fourth-order valence-electron chi connectivity index (χ4n) is 1.60. The zero-order valence-corrected chi connectivity index (χ0v) is 13.5. The van der Waals surface area contributed by atoms with Gasteiger partial charge in [0.2, 0.25) is 0 Å². The van der Waals surface area contributed by atoms with Crippen molar-refractivity contribution in [2.24, 2.45) is 5.73 Å². The summed E-state index contributed by atoms with van der Waals surface area (Å²) < 4.78 is 32.4. The molecule has 21 heavy (non-hydrogen) atoms. The van der Waals surface area contributed by atoms with E-state index in [-0.39, 0.29) is 10.7 Å². The Kier molecular flexibility index (Phi) is 5.50. The zero-order chi connectivity index (χ0) is 16.2. The average molecular weight is 331 g/mol. The minimum Gasteiger partial charge on any atom is -0.446 e.